The molecule has 28 heavy (non-hydrogen) atoms. The number of carbonyl (C=O) groups excluding carboxylic acids is 2. The average molecular weight is 375 g/mol. The minimum atomic E-state index is -0.434. The SMILES string of the molecule is CC(=O)N1CCCC(Cc2c[nH]c3c(C(N)=O)cc(-c4ccccc4)cc23)C1. The average Bonchev–Trinajstić information content (AvgIpc) is 3.10. The molecule has 0 radical (unpaired) electrons. The molecule has 1 unspecified atom stereocenters. The van der Waals surface area contributed by atoms with Crippen LogP contribution in [-0.4, -0.2) is 34.8 Å². The number of carbonyl (C=O) groups is 2. The van der Waals surface area contributed by atoms with E-state index in [9.17, 15) is 9.59 Å². The molecule has 1 fully saturated rings. The summed E-state index contributed by atoms with van der Waals surface area (Å²) in [6, 6.07) is 14.0. The molecule has 2 amide bonds. The molecule has 1 atom stereocenters. The highest BCUT2D eigenvalue weighted by Crippen LogP contribution is 2.32. The third kappa shape index (κ3) is 3.52. The van der Waals surface area contributed by atoms with E-state index in [2.05, 4.69) is 11.1 Å². The molecule has 0 bridgehead atoms. The third-order valence-electron chi connectivity index (χ3n) is 5.72. The van der Waals surface area contributed by atoms with Crippen LogP contribution in [0.15, 0.2) is 48.7 Å². The van der Waals surface area contributed by atoms with Gasteiger partial charge in [-0.25, -0.2) is 0 Å². The number of hydrogen-bond donors (Lipinski definition) is 2. The first kappa shape index (κ1) is 18.3. The summed E-state index contributed by atoms with van der Waals surface area (Å²) in [6.45, 7) is 3.28. The summed E-state index contributed by atoms with van der Waals surface area (Å²) in [6.07, 6.45) is 5.00. The number of rotatable bonds is 4. The van der Waals surface area contributed by atoms with Gasteiger partial charge in [-0.15, -0.1) is 0 Å². The molecule has 144 valence electrons. The molecule has 5 nitrogen and oxygen atoms in total. The topological polar surface area (TPSA) is 79.2 Å². The lowest BCUT2D eigenvalue weighted by molar-refractivity contribution is -0.130. The molecule has 1 aliphatic rings. The first-order valence-corrected chi connectivity index (χ1v) is 9.77. The van der Waals surface area contributed by atoms with Crippen molar-refractivity contribution in [1.82, 2.24) is 9.88 Å². The van der Waals surface area contributed by atoms with Gasteiger partial charge in [-0.3, -0.25) is 9.59 Å². The van der Waals surface area contributed by atoms with E-state index in [4.69, 9.17) is 5.73 Å². The number of likely N-dealkylation sites (tertiary alicyclic amines) is 1. The number of nitrogens with zero attached hydrogens (tertiary/aromatic N) is 1. The zero-order chi connectivity index (χ0) is 19.7. The maximum Gasteiger partial charge on any atom is 0.250 e. The Morgan fingerprint density at radius 3 is 2.68 bits per heavy atom. The first-order valence-electron chi connectivity index (χ1n) is 9.77. The summed E-state index contributed by atoms with van der Waals surface area (Å²) in [5.74, 6) is 0.136. The number of aromatic nitrogens is 1. The molecule has 3 aromatic rings. The Bertz CT molecular complexity index is 1020. The number of hydrogen-bond acceptors (Lipinski definition) is 2. The number of aromatic amines is 1. The summed E-state index contributed by atoms with van der Waals surface area (Å²) >= 11 is 0. The van der Waals surface area contributed by atoms with Crippen LogP contribution >= 0.6 is 0 Å². The van der Waals surface area contributed by atoms with Crippen LogP contribution in [0.2, 0.25) is 0 Å². The van der Waals surface area contributed by atoms with Gasteiger partial charge in [-0.1, -0.05) is 30.3 Å². The molecule has 5 heteroatoms. The van der Waals surface area contributed by atoms with Gasteiger partial charge in [0.15, 0.2) is 0 Å². The van der Waals surface area contributed by atoms with Crippen molar-refractivity contribution in [1.29, 1.82) is 0 Å². The minimum Gasteiger partial charge on any atom is -0.366 e. The number of primary amides is 1. The third-order valence-corrected chi connectivity index (χ3v) is 5.72. The van der Waals surface area contributed by atoms with E-state index in [0.717, 1.165) is 54.4 Å². The van der Waals surface area contributed by atoms with Crippen LogP contribution in [0, 0.1) is 5.92 Å². The molecule has 1 aliphatic heterocycles. The summed E-state index contributed by atoms with van der Waals surface area (Å²) in [5.41, 5.74) is 10.2. The lowest BCUT2D eigenvalue weighted by Gasteiger charge is -2.32. The fraction of sp³-hybridized carbons (Fsp3) is 0.304. The van der Waals surface area contributed by atoms with Gasteiger partial charge in [-0.2, -0.15) is 0 Å². The maximum absolute atomic E-state index is 12.1. The highest BCUT2D eigenvalue weighted by atomic mass is 16.2. The van der Waals surface area contributed by atoms with Gasteiger partial charge in [0.05, 0.1) is 11.1 Å². The van der Waals surface area contributed by atoms with Crippen molar-refractivity contribution < 1.29 is 9.59 Å². The van der Waals surface area contributed by atoms with Crippen molar-refractivity contribution >= 4 is 22.7 Å². The Morgan fingerprint density at radius 2 is 1.96 bits per heavy atom. The van der Waals surface area contributed by atoms with Crippen molar-refractivity contribution in [3.05, 3.63) is 59.8 Å². The summed E-state index contributed by atoms with van der Waals surface area (Å²) in [5, 5.41) is 1.04. The van der Waals surface area contributed by atoms with Crippen LogP contribution in [0.1, 0.15) is 35.7 Å². The van der Waals surface area contributed by atoms with Crippen LogP contribution < -0.4 is 5.73 Å². The summed E-state index contributed by atoms with van der Waals surface area (Å²) in [4.78, 5) is 29.0. The number of piperidine rings is 1. The van der Waals surface area contributed by atoms with E-state index in [0.29, 0.717) is 11.5 Å². The Balaban J connectivity index is 1.72. The van der Waals surface area contributed by atoms with E-state index in [-0.39, 0.29) is 5.91 Å². The molecule has 0 saturated carbocycles. The molecule has 0 spiro atoms. The van der Waals surface area contributed by atoms with E-state index in [1.165, 1.54) is 5.56 Å². The maximum atomic E-state index is 12.1. The Labute approximate surface area is 164 Å². The van der Waals surface area contributed by atoms with E-state index in [1.54, 1.807) is 6.92 Å². The number of fused-ring (bicyclic) bond motifs is 1. The summed E-state index contributed by atoms with van der Waals surface area (Å²) in [7, 11) is 0. The van der Waals surface area contributed by atoms with Crippen LogP contribution in [0.3, 0.4) is 0 Å². The van der Waals surface area contributed by atoms with Crippen molar-refractivity contribution in [2.75, 3.05) is 13.1 Å². The fourth-order valence-corrected chi connectivity index (χ4v) is 4.28. The molecule has 2 aromatic carbocycles. The quantitative estimate of drug-likeness (QED) is 0.729. The largest absolute Gasteiger partial charge is 0.366 e. The van der Waals surface area contributed by atoms with Crippen molar-refractivity contribution in [2.45, 2.75) is 26.2 Å². The molecule has 3 N–H and O–H groups in total. The smallest absolute Gasteiger partial charge is 0.250 e. The minimum absolute atomic E-state index is 0.144. The molecule has 1 saturated heterocycles. The highest BCUT2D eigenvalue weighted by Gasteiger charge is 2.23. The van der Waals surface area contributed by atoms with Gasteiger partial charge in [0.1, 0.15) is 0 Å². The zero-order valence-corrected chi connectivity index (χ0v) is 16.1. The Hall–Kier alpha value is -3.08. The van der Waals surface area contributed by atoms with E-state index >= 15 is 0 Å². The standard InChI is InChI=1S/C23H25N3O2/c1-15(27)26-9-5-6-16(14-26)10-19-13-25-22-20(19)11-18(12-21(22)23(24)28)17-7-3-2-4-8-17/h2-4,7-8,11-13,16,25H,5-6,9-10,14H2,1H3,(H2,24,28). The van der Waals surface area contributed by atoms with E-state index < -0.39 is 5.91 Å². The van der Waals surface area contributed by atoms with Crippen LogP contribution in [0.4, 0.5) is 0 Å². The second-order valence-electron chi connectivity index (χ2n) is 7.67. The molecule has 0 aliphatic carbocycles. The number of nitrogens with two attached hydrogens (primary N) is 1. The van der Waals surface area contributed by atoms with E-state index in [1.807, 2.05) is 47.5 Å². The molecular formula is C23H25N3O2. The van der Waals surface area contributed by atoms with Crippen molar-refractivity contribution in [2.24, 2.45) is 11.7 Å². The molecule has 4 rings (SSSR count). The number of amides is 2. The lowest BCUT2D eigenvalue weighted by Crippen LogP contribution is -2.39. The van der Waals surface area contributed by atoms with Gasteiger partial charge < -0.3 is 15.6 Å². The molecule has 2 heterocycles. The Kier molecular flexibility index (Phi) is 4.90. The van der Waals surface area contributed by atoms with Crippen LogP contribution in [0.5, 0.6) is 0 Å². The highest BCUT2D eigenvalue weighted by molar-refractivity contribution is 6.07. The van der Waals surface area contributed by atoms with Gasteiger partial charge in [0.2, 0.25) is 5.91 Å². The zero-order valence-electron chi connectivity index (χ0n) is 16.1. The fourth-order valence-electron chi connectivity index (χ4n) is 4.28. The van der Waals surface area contributed by atoms with Gasteiger partial charge in [-0.05, 0) is 54.0 Å². The Morgan fingerprint density at radius 1 is 1.18 bits per heavy atom. The monoisotopic (exact) mass is 375 g/mol. The first-order chi connectivity index (χ1) is 13.5. The van der Waals surface area contributed by atoms with Crippen molar-refractivity contribution in [3.63, 3.8) is 0 Å². The molecule has 1 aromatic heterocycles. The van der Waals surface area contributed by atoms with Gasteiger partial charge in [0, 0.05) is 31.6 Å². The number of H-pyrrole nitrogens is 1. The predicted octanol–water partition coefficient (Wildman–Crippen LogP) is 3.73. The number of nitrogens with one attached hydrogen (secondary N) is 1. The van der Waals surface area contributed by atoms with Crippen LogP contribution in [-0.2, 0) is 11.2 Å². The number of benzene rings is 2. The molecular weight excluding hydrogens is 350 g/mol. The summed E-state index contributed by atoms with van der Waals surface area (Å²) < 4.78 is 0. The van der Waals surface area contributed by atoms with Crippen molar-refractivity contribution in [3.8, 4) is 11.1 Å². The van der Waals surface area contributed by atoms with Crippen LogP contribution in [0.25, 0.3) is 22.0 Å². The second kappa shape index (κ2) is 7.50. The lowest BCUT2D eigenvalue weighted by atomic mass is 9.90. The van der Waals surface area contributed by atoms with Gasteiger partial charge in [0.25, 0.3) is 5.91 Å². The normalized spacial score (nSPS) is 17.0. The predicted molar refractivity (Wildman–Crippen MR) is 111 cm³/mol. The van der Waals surface area contributed by atoms with Gasteiger partial charge >= 0.3 is 0 Å². The second-order valence-corrected chi connectivity index (χ2v) is 7.67.